The van der Waals surface area contributed by atoms with Crippen LogP contribution in [-0.4, -0.2) is 22.8 Å². The maximum absolute atomic E-state index is 13.1. The van der Waals surface area contributed by atoms with Crippen LogP contribution < -0.4 is 0 Å². The molecule has 1 rings (SSSR count). The summed E-state index contributed by atoms with van der Waals surface area (Å²) in [6, 6.07) is 3.66. The first-order valence-electron chi connectivity index (χ1n) is 4.27. The highest BCUT2D eigenvalue weighted by Crippen LogP contribution is 2.09. The number of hydrogen-bond donors (Lipinski definition) is 2. The van der Waals surface area contributed by atoms with Crippen molar-refractivity contribution in [3.63, 3.8) is 0 Å². The van der Waals surface area contributed by atoms with E-state index in [4.69, 9.17) is 10.2 Å². The summed E-state index contributed by atoms with van der Waals surface area (Å²) < 4.78 is 13.1. The van der Waals surface area contributed by atoms with E-state index in [2.05, 4.69) is 11.8 Å². The zero-order chi connectivity index (χ0) is 11.3. The van der Waals surface area contributed by atoms with Gasteiger partial charge in [-0.2, -0.15) is 0 Å². The Morgan fingerprint density at radius 3 is 2.73 bits per heavy atom. The van der Waals surface area contributed by atoms with E-state index in [0.29, 0.717) is 12.0 Å². The van der Waals surface area contributed by atoms with Crippen molar-refractivity contribution in [2.24, 2.45) is 0 Å². The summed E-state index contributed by atoms with van der Waals surface area (Å²) in [7, 11) is 0. The highest BCUT2D eigenvalue weighted by molar-refractivity contribution is 5.88. The highest BCUT2D eigenvalue weighted by Gasteiger charge is 2.09. The standard InChI is InChI=1S/C11H9FO3/c12-10-7-8(3-1-2-6-13)4-5-9(10)11(14)15/h4-5,7,13H,2,6H2,(H,14,15). The van der Waals surface area contributed by atoms with Crippen LogP contribution in [0.5, 0.6) is 0 Å². The number of hydrogen-bond acceptors (Lipinski definition) is 2. The molecule has 0 bridgehead atoms. The molecule has 0 heterocycles. The summed E-state index contributed by atoms with van der Waals surface area (Å²) in [4.78, 5) is 10.5. The summed E-state index contributed by atoms with van der Waals surface area (Å²) in [5.74, 6) is 3.11. The van der Waals surface area contributed by atoms with Gasteiger partial charge in [0, 0.05) is 12.0 Å². The van der Waals surface area contributed by atoms with Crippen LogP contribution in [0.25, 0.3) is 0 Å². The van der Waals surface area contributed by atoms with Crippen LogP contribution in [0.2, 0.25) is 0 Å². The van der Waals surface area contributed by atoms with E-state index in [1.54, 1.807) is 0 Å². The van der Waals surface area contributed by atoms with E-state index in [0.717, 1.165) is 6.07 Å². The van der Waals surface area contributed by atoms with Crippen LogP contribution in [0, 0.1) is 17.7 Å². The Kier molecular flexibility index (Phi) is 3.83. The van der Waals surface area contributed by atoms with Gasteiger partial charge in [0.25, 0.3) is 0 Å². The molecule has 0 aromatic heterocycles. The molecule has 1 aromatic carbocycles. The zero-order valence-corrected chi connectivity index (χ0v) is 7.83. The molecule has 0 fully saturated rings. The quantitative estimate of drug-likeness (QED) is 0.719. The van der Waals surface area contributed by atoms with Gasteiger partial charge in [-0.3, -0.25) is 0 Å². The number of carboxylic acids is 1. The first kappa shape index (κ1) is 11.2. The summed E-state index contributed by atoms with van der Waals surface area (Å²) in [6.07, 6.45) is 0.308. The Hall–Kier alpha value is -1.86. The van der Waals surface area contributed by atoms with E-state index in [-0.39, 0.29) is 12.2 Å². The molecular formula is C11H9FO3. The molecule has 4 heteroatoms. The fraction of sp³-hybridized carbons (Fsp3) is 0.182. The molecule has 0 saturated heterocycles. The van der Waals surface area contributed by atoms with Gasteiger partial charge in [0.05, 0.1) is 12.2 Å². The molecule has 3 nitrogen and oxygen atoms in total. The van der Waals surface area contributed by atoms with Gasteiger partial charge in [-0.25, -0.2) is 9.18 Å². The van der Waals surface area contributed by atoms with Crippen molar-refractivity contribution in [1.82, 2.24) is 0 Å². The maximum Gasteiger partial charge on any atom is 0.338 e. The van der Waals surface area contributed by atoms with E-state index in [9.17, 15) is 9.18 Å². The van der Waals surface area contributed by atoms with Crippen LogP contribution in [0.4, 0.5) is 4.39 Å². The maximum atomic E-state index is 13.1. The van der Waals surface area contributed by atoms with Gasteiger partial charge in [0.2, 0.25) is 0 Å². The largest absolute Gasteiger partial charge is 0.478 e. The molecule has 0 aliphatic heterocycles. The molecule has 15 heavy (non-hydrogen) atoms. The normalized spacial score (nSPS) is 9.20. The van der Waals surface area contributed by atoms with Crippen molar-refractivity contribution in [1.29, 1.82) is 0 Å². The summed E-state index contributed by atoms with van der Waals surface area (Å²) in [5, 5.41) is 17.0. The number of rotatable bonds is 2. The summed E-state index contributed by atoms with van der Waals surface area (Å²) in [6.45, 7) is -0.0529. The Balaban J connectivity index is 2.93. The Labute approximate surface area is 86.2 Å². The molecule has 0 amide bonds. The number of aromatic carboxylic acids is 1. The molecule has 78 valence electrons. The lowest BCUT2D eigenvalue weighted by Gasteiger charge is -1.97. The molecule has 0 atom stereocenters. The number of halogens is 1. The molecular weight excluding hydrogens is 199 g/mol. The monoisotopic (exact) mass is 208 g/mol. The van der Waals surface area contributed by atoms with Crippen LogP contribution in [-0.2, 0) is 0 Å². The molecule has 1 aromatic rings. The van der Waals surface area contributed by atoms with Crippen molar-refractivity contribution in [2.75, 3.05) is 6.61 Å². The second-order valence-corrected chi connectivity index (χ2v) is 2.78. The highest BCUT2D eigenvalue weighted by atomic mass is 19.1. The Morgan fingerprint density at radius 2 is 2.20 bits per heavy atom. The molecule has 0 aliphatic rings. The molecule has 2 N–H and O–H groups in total. The number of aliphatic hydroxyl groups excluding tert-OH is 1. The number of aliphatic hydroxyl groups is 1. The fourth-order valence-corrected chi connectivity index (χ4v) is 0.987. The van der Waals surface area contributed by atoms with Crippen LogP contribution in [0.15, 0.2) is 18.2 Å². The SMILES string of the molecule is O=C(O)c1ccc(C#CCCO)cc1F. The summed E-state index contributed by atoms with van der Waals surface area (Å²) in [5.41, 5.74) is 0.0219. The van der Waals surface area contributed by atoms with E-state index >= 15 is 0 Å². The molecule has 0 saturated carbocycles. The Morgan fingerprint density at radius 1 is 1.47 bits per heavy atom. The average Bonchev–Trinajstić information content (AvgIpc) is 2.17. The van der Waals surface area contributed by atoms with Gasteiger partial charge < -0.3 is 10.2 Å². The smallest absolute Gasteiger partial charge is 0.338 e. The third-order valence-corrected chi connectivity index (χ3v) is 1.67. The molecule has 0 unspecified atom stereocenters. The van der Waals surface area contributed by atoms with Gasteiger partial charge in [-0.1, -0.05) is 11.8 Å². The molecule has 0 aliphatic carbocycles. The minimum Gasteiger partial charge on any atom is -0.478 e. The van der Waals surface area contributed by atoms with E-state index < -0.39 is 11.8 Å². The predicted molar refractivity (Wildman–Crippen MR) is 51.9 cm³/mol. The number of carbonyl (C=O) groups is 1. The third-order valence-electron chi connectivity index (χ3n) is 1.67. The average molecular weight is 208 g/mol. The van der Waals surface area contributed by atoms with Crippen molar-refractivity contribution in [3.8, 4) is 11.8 Å². The van der Waals surface area contributed by atoms with Gasteiger partial charge in [-0.15, -0.1) is 0 Å². The topological polar surface area (TPSA) is 57.5 Å². The first-order valence-corrected chi connectivity index (χ1v) is 4.27. The lowest BCUT2D eigenvalue weighted by Crippen LogP contribution is -2.00. The van der Waals surface area contributed by atoms with Crippen LogP contribution in [0.3, 0.4) is 0 Å². The molecule has 0 radical (unpaired) electrons. The second-order valence-electron chi connectivity index (χ2n) is 2.78. The van der Waals surface area contributed by atoms with Crippen molar-refractivity contribution >= 4 is 5.97 Å². The number of benzene rings is 1. The van der Waals surface area contributed by atoms with Crippen LogP contribution in [0.1, 0.15) is 22.3 Å². The first-order chi connectivity index (χ1) is 7.15. The minimum absolute atomic E-state index is 0.0529. The lowest BCUT2D eigenvalue weighted by molar-refractivity contribution is 0.0692. The van der Waals surface area contributed by atoms with Crippen LogP contribution >= 0.6 is 0 Å². The number of carboxylic acid groups (broad SMARTS) is 1. The van der Waals surface area contributed by atoms with Crippen molar-refractivity contribution in [3.05, 3.63) is 35.1 Å². The Bertz CT molecular complexity index is 429. The van der Waals surface area contributed by atoms with Gasteiger partial charge in [0.1, 0.15) is 5.82 Å². The van der Waals surface area contributed by atoms with E-state index in [1.165, 1.54) is 12.1 Å². The lowest BCUT2D eigenvalue weighted by atomic mass is 10.1. The third kappa shape index (κ3) is 3.08. The predicted octanol–water partition coefficient (Wildman–Crippen LogP) is 1.26. The summed E-state index contributed by atoms with van der Waals surface area (Å²) >= 11 is 0. The van der Waals surface area contributed by atoms with Gasteiger partial charge in [-0.05, 0) is 18.2 Å². The second kappa shape index (κ2) is 5.13. The zero-order valence-electron chi connectivity index (χ0n) is 7.83. The molecule has 0 spiro atoms. The van der Waals surface area contributed by atoms with Crippen molar-refractivity contribution in [2.45, 2.75) is 6.42 Å². The fourth-order valence-electron chi connectivity index (χ4n) is 0.987. The van der Waals surface area contributed by atoms with E-state index in [1.807, 2.05) is 0 Å². The minimum atomic E-state index is -1.30. The van der Waals surface area contributed by atoms with Gasteiger partial charge >= 0.3 is 5.97 Å². The van der Waals surface area contributed by atoms with Crippen molar-refractivity contribution < 1.29 is 19.4 Å². The van der Waals surface area contributed by atoms with Gasteiger partial charge in [0.15, 0.2) is 0 Å².